The fourth-order valence-electron chi connectivity index (χ4n) is 8.50. The normalized spacial score (nSPS) is 11.9. The van der Waals surface area contributed by atoms with E-state index in [-0.39, 0.29) is 0 Å². The number of hydrogen-bond donors (Lipinski definition) is 0. The summed E-state index contributed by atoms with van der Waals surface area (Å²) in [7, 11) is 0. The van der Waals surface area contributed by atoms with E-state index in [0.717, 1.165) is 71.7 Å². The van der Waals surface area contributed by atoms with Crippen LogP contribution in [-0.2, 0) is 0 Å². The fourth-order valence-corrected chi connectivity index (χ4v) is 8.50. The van der Waals surface area contributed by atoms with E-state index in [0.29, 0.717) is 17.5 Å². The van der Waals surface area contributed by atoms with Gasteiger partial charge in [0.25, 0.3) is 0 Å². The molecule has 0 aliphatic heterocycles. The van der Waals surface area contributed by atoms with Gasteiger partial charge in [-0.15, -0.1) is 0 Å². The Balaban J connectivity index is 1.01. The minimum absolute atomic E-state index is 0.565. The summed E-state index contributed by atoms with van der Waals surface area (Å²) in [4.78, 5) is 15.0. The van der Waals surface area contributed by atoms with Crippen molar-refractivity contribution in [2.75, 3.05) is 0 Å². The number of nitrogens with zero attached hydrogens (tertiary/aromatic N) is 3. The monoisotopic (exact) mass is 715 g/mol. The van der Waals surface area contributed by atoms with E-state index in [1.165, 1.54) is 32.3 Å². The topological polar surface area (TPSA) is 65.0 Å². The van der Waals surface area contributed by atoms with Crippen LogP contribution in [0.3, 0.4) is 0 Å². The Bertz CT molecular complexity index is 3510. The lowest BCUT2D eigenvalue weighted by atomic mass is 9.91. The van der Waals surface area contributed by atoms with Crippen molar-refractivity contribution < 1.29 is 8.83 Å². The molecule has 9 aromatic carbocycles. The molecule has 5 nitrogen and oxygen atoms in total. The molecule has 12 rings (SSSR count). The zero-order valence-electron chi connectivity index (χ0n) is 29.9. The Morgan fingerprint density at radius 2 is 0.732 bits per heavy atom. The smallest absolute Gasteiger partial charge is 0.164 e. The van der Waals surface area contributed by atoms with E-state index in [2.05, 4.69) is 115 Å². The first-order valence-corrected chi connectivity index (χ1v) is 18.8. The summed E-state index contributed by atoms with van der Waals surface area (Å²) >= 11 is 0. The maximum absolute atomic E-state index is 6.62. The zero-order chi connectivity index (χ0) is 36.7. The average molecular weight is 716 g/mol. The summed E-state index contributed by atoms with van der Waals surface area (Å²) < 4.78 is 12.9. The quantitative estimate of drug-likeness (QED) is 0.170. The van der Waals surface area contributed by atoms with Crippen molar-refractivity contribution in [3.05, 3.63) is 176 Å². The van der Waals surface area contributed by atoms with Crippen LogP contribution in [0.5, 0.6) is 0 Å². The molecule has 0 unspecified atom stereocenters. The summed E-state index contributed by atoms with van der Waals surface area (Å²) in [5.74, 6) is 1.73. The summed E-state index contributed by atoms with van der Waals surface area (Å²) in [6.45, 7) is 0. The third-order valence-electron chi connectivity index (χ3n) is 11.1. The van der Waals surface area contributed by atoms with Gasteiger partial charge < -0.3 is 8.83 Å². The Labute approximate surface area is 320 Å². The first kappa shape index (κ1) is 30.8. The van der Waals surface area contributed by atoms with Crippen LogP contribution in [0.15, 0.2) is 185 Å². The molecule has 0 spiro atoms. The van der Waals surface area contributed by atoms with E-state index in [4.69, 9.17) is 23.8 Å². The molecule has 0 aliphatic carbocycles. The highest BCUT2D eigenvalue weighted by atomic mass is 16.3. The van der Waals surface area contributed by atoms with Gasteiger partial charge in [-0.3, -0.25) is 0 Å². The van der Waals surface area contributed by atoms with Crippen LogP contribution in [-0.4, -0.2) is 15.0 Å². The Hall–Kier alpha value is -7.63. The van der Waals surface area contributed by atoms with Crippen molar-refractivity contribution in [3.63, 3.8) is 0 Å². The summed E-state index contributed by atoms with van der Waals surface area (Å²) in [5, 5.41) is 11.8. The molecule has 12 aromatic rings. The Kier molecular flexibility index (Phi) is 6.56. The summed E-state index contributed by atoms with van der Waals surface area (Å²) in [6, 6.07) is 61.1. The van der Waals surface area contributed by atoms with Crippen LogP contribution >= 0.6 is 0 Å². The molecule has 0 saturated carbocycles. The number of aromatic nitrogens is 3. The molecule has 0 saturated heterocycles. The van der Waals surface area contributed by atoms with E-state index in [1.54, 1.807) is 0 Å². The first-order chi connectivity index (χ1) is 27.7. The molecule has 0 fully saturated rings. The molecule has 3 heterocycles. The fraction of sp³-hybridized carbons (Fsp3) is 0. The Morgan fingerprint density at radius 3 is 1.43 bits per heavy atom. The molecule has 0 bridgehead atoms. The van der Waals surface area contributed by atoms with Gasteiger partial charge in [0.05, 0.1) is 0 Å². The van der Waals surface area contributed by atoms with Gasteiger partial charge in [0.15, 0.2) is 17.5 Å². The molecule has 0 aliphatic rings. The standard InChI is InChI=1S/C51H29N3O2/c1-2-11-30(12-3-1)49-52-50(32-22-25-41-40-17-8-9-19-44(40)55-46(41)28-32)54-51(53-49)33-23-26-42-47(29-33)56-45-20-10-18-34(48(42)45)31-21-24-39-37-15-5-4-13-35(37)36-14-6-7-16-38(36)43(39)27-31/h1-29H. The lowest BCUT2D eigenvalue weighted by Gasteiger charge is -2.12. The van der Waals surface area contributed by atoms with E-state index in [1.807, 2.05) is 60.7 Å². The van der Waals surface area contributed by atoms with Gasteiger partial charge in [0, 0.05) is 38.2 Å². The third-order valence-corrected chi connectivity index (χ3v) is 11.1. The van der Waals surface area contributed by atoms with Crippen molar-refractivity contribution >= 4 is 76.2 Å². The van der Waals surface area contributed by atoms with Gasteiger partial charge in [0.1, 0.15) is 22.3 Å². The van der Waals surface area contributed by atoms with Crippen molar-refractivity contribution in [2.24, 2.45) is 0 Å². The van der Waals surface area contributed by atoms with Crippen LogP contribution in [0.2, 0.25) is 0 Å². The van der Waals surface area contributed by atoms with Crippen LogP contribution in [0.1, 0.15) is 0 Å². The van der Waals surface area contributed by atoms with Gasteiger partial charge in [-0.25, -0.2) is 15.0 Å². The van der Waals surface area contributed by atoms with Gasteiger partial charge in [-0.1, -0.05) is 133 Å². The van der Waals surface area contributed by atoms with Gasteiger partial charge >= 0.3 is 0 Å². The maximum atomic E-state index is 6.62. The molecular formula is C51H29N3O2. The van der Waals surface area contributed by atoms with E-state index in [9.17, 15) is 0 Å². The van der Waals surface area contributed by atoms with Crippen LogP contribution in [0.4, 0.5) is 0 Å². The molecule has 0 atom stereocenters. The van der Waals surface area contributed by atoms with Crippen molar-refractivity contribution in [2.45, 2.75) is 0 Å². The molecule has 56 heavy (non-hydrogen) atoms. The van der Waals surface area contributed by atoms with Gasteiger partial charge in [-0.05, 0) is 85.9 Å². The average Bonchev–Trinajstić information content (AvgIpc) is 3.84. The number of fused-ring (bicyclic) bond motifs is 12. The molecular weight excluding hydrogens is 687 g/mol. The predicted octanol–water partition coefficient (Wildman–Crippen LogP) is 13.8. The largest absolute Gasteiger partial charge is 0.456 e. The second kappa shape index (κ2) is 11.9. The molecule has 5 heteroatoms. The van der Waals surface area contributed by atoms with Crippen LogP contribution in [0.25, 0.3) is 121 Å². The van der Waals surface area contributed by atoms with Gasteiger partial charge in [0.2, 0.25) is 0 Å². The van der Waals surface area contributed by atoms with Crippen molar-refractivity contribution in [1.29, 1.82) is 0 Å². The lowest BCUT2D eigenvalue weighted by Crippen LogP contribution is -2.00. The summed E-state index contributed by atoms with van der Waals surface area (Å²) in [6.07, 6.45) is 0. The van der Waals surface area contributed by atoms with Crippen molar-refractivity contribution in [3.8, 4) is 45.3 Å². The highest BCUT2D eigenvalue weighted by Gasteiger charge is 2.18. The minimum Gasteiger partial charge on any atom is -0.456 e. The van der Waals surface area contributed by atoms with Crippen LogP contribution in [0, 0.1) is 0 Å². The molecule has 260 valence electrons. The number of para-hydroxylation sites is 1. The highest BCUT2D eigenvalue weighted by Crippen LogP contribution is 2.42. The number of furan rings is 2. The predicted molar refractivity (Wildman–Crippen MR) is 229 cm³/mol. The number of hydrogen-bond acceptors (Lipinski definition) is 5. The third kappa shape index (κ3) is 4.71. The highest BCUT2D eigenvalue weighted by molar-refractivity contribution is 6.26. The number of rotatable bonds is 4. The summed E-state index contributed by atoms with van der Waals surface area (Å²) in [5.41, 5.74) is 8.12. The lowest BCUT2D eigenvalue weighted by molar-refractivity contribution is 0.668. The minimum atomic E-state index is 0.565. The maximum Gasteiger partial charge on any atom is 0.164 e. The molecule has 0 amide bonds. The first-order valence-electron chi connectivity index (χ1n) is 18.8. The Morgan fingerprint density at radius 1 is 0.268 bits per heavy atom. The molecule has 3 aromatic heterocycles. The molecule has 0 radical (unpaired) electrons. The second-order valence-corrected chi connectivity index (χ2v) is 14.3. The molecule has 0 N–H and O–H groups in total. The second-order valence-electron chi connectivity index (χ2n) is 14.3. The zero-order valence-corrected chi connectivity index (χ0v) is 29.9. The van der Waals surface area contributed by atoms with Crippen LogP contribution < -0.4 is 0 Å². The SMILES string of the molecule is c1ccc(-c2nc(-c3ccc4c(c3)oc3ccccc34)nc(-c3ccc4c(c3)oc3cccc(-c5ccc6c7ccccc7c7ccccc7c6c5)c34)n2)cc1. The number of benzene rings is 9. The van der Waals surface area contributed by atoms with Crippen molar-refractivity contribution in [1.82, 2.24) is 15.0 Å². The van der Waals surface area contributed by atoms with E-state index >= 15 is 0 Å². The van der Waals surface area contributed by atoms with Gasteiger partial charge in [-0.2, -0.15) is 0 Å². The van der Waals surface area contributed by atoms with E-state index < -0.39 is 0 Å².